The Morgan fingerprint density at radius 1 is 1.06 bits per heavy atom. The molecule has 3 atom stereocenters. The van der Waals surface area contributed by atoms with Crippen LogP contribution in [0.15, 0.2) is 0 Å². The van der Waals surface area contributed by atoms with Crippen molar-refractivity contribution in [3.05, 3.63) is 0 Å². The highest BCUT2D eigenvalue weighted by Gasteiger charge is 2.29. The van der Waals surface area contributed by atoms with Crippen molar-refractivity contribution in [3.8, 4) is 0 Å². The maximum absolute atomic E-state index is 3.97. The monoisotopic (exact) mass is 270 g/mol. The Bertz CT molecular complexity index is 245. The van der Waals surface area contributed by atoms with E-state index in [0.717, 1.165) is 17.3 Å². The zero-order valence-electron chi connectivity index (χ0n) is 12.3. The van der Waals surface area contributed by atoms with Gasteiger partial charge in [0.2, 0.25) is 0 Å². The van der Waals surface area contributed by atoms with Gasteiger partial charge in [0.05, 0.1) is 0 Å². The first-order chi connectivity index (χ1) is 8.70. The van der Waals surface area contributed by atoms with Gasteiger partial charge in [-0.3, -0.25) is 0 Å². The van der Waals surface area contributed by atoms with Gasteiger partial charge in [0.1, 0.15) is 0 Å². The molecule has 0 bridgehead atoms. The van der Waals surface area contributed by atoms with E-state index in [1.54, 1.807) is 0 Å². The summed E-state index contributed by atoms with van der Waals surface area (Å²) < 4.78 is 0. The molecule has 1 saturated carbocycles. The van der Waals surface area contributed by atoms with E-state index < -0.39 is 0 Å². The molecule has 1 heterocycles. The summed E-state index contributed by atoms with van der Waals surface area (Å²) in [4.78, 5) is 2.64. The Morgan fingerprint density at radius 3 is 2.61 bits per heavy atom. The van der Waals surface area contributed by atoms with Gasteiger partial charge >= 0.3 is 0 Å². The number of hydrogen-bond acceptors (Lipinski definition) is 3. The Balaban J connectivity index is 1.79. The van der Waals surface area contributed by atoms with Gasteiger partial charge in [0, 0.05) is 23.4 Å². The van der Waals surface area contributed by atoms with Crippen molar-refractivity contribution in [1.29, 1.82) is 0 Å². The molecule has 0 aromatic carbocycles. The van der Waals surface area contributed by atoms with Crippen LogP contribution in [0.4, 0.5) is 0 Å². The number of likely N-dealkylation sites (tertiary alicyclic amines) is 1. The highest BCUT2D eigenvalue weighted by molar-refractivity contribution is 7.99. The molecule has 3 heteroatoms. The molecule has 18 heavy (non-hydrogen) atoms. The Kier molecular flexibility index (Phi) is 5.84. The minimum absolute atomic E-state index is 0.717. The lowest BCUT2D eigenvalue weighted by atomic mass is 10.1. The second kappa shape index (κ2) is 7.16. The molecule has 0 amide bonds. The summed E-state index contributed by atoms with van der Waals surface area (Å²) in [6, 6.07) is 2.27. The van der Waals surface area contributed by atoms with Crippen molar-refractivity contribution in [2.24, 2.45) is 0 Å². The van der Waals surface area contributed by atoms with Crippen LogP contribution in [0.1, 0.15) is 52.4 Å². The molecule has 2 rings (SSSR count). The predicted octanol–water partition coefficient (Wildman–Crippen LogP) is 3.12. The smallest absolute Gasteiger partial charge is 0.0198 e. The first-order valence-corrected chi connectivity index (χ1v) is 9.02. The summed E-state index contributed by atoms with van der Waals surface area (Å²) in [5, 5.41) is 4.84. The number of hydrogen-bond donors (Lipinski definition) is 1. The third-order valence-corrected chi connectivity index (χ3v) is 5.87. The highest BCUT2D eigenvalue weighted by Crippen LogP contribution is 2.29. The maximum Gasteiger partial charge on any atom is 0.0198 e. The summed E-state index contributed by atoms with van der Waals surface area (Å²) >= 11 is 2.07. The van der Waals surface area contributed by atoms with Crippen LogP contribution >= 0.6 is 11.8 Å². The fraction of sp³-hybridized carbons (Fsp3) is 1.00. The molecule has 106 valence electrons. The van der Waals surface area contributed by atoms with Crippen LogP contribution < -0.4 is 5.32 Å². The van der Waals surface area contributed by atoms with E-state index in [0.29, 0.717) is 6.04 Å². The van der Waals surface area contributed by atoms with Gasteiger partial charge in [0.25, 0.3) is 0 Å². The van der Waals surface area contributed by atoms with E-state index in [9.17, 15) is 0 Å². The molecule has 3 unspecified atom stereocenters. The second-order valence-electron chi connectivity index (χ2n) is 6.24. The topological polar surface area (TPSA) is 15.3 Å². The fourth-order valence-electron chi connectivity index (χ4n) is 3.50. The van der Waals surface area contributed by atoms with Gasteiger partial charge in [-0.2, -0.15) is 11.8 Å². The molecule has 0 radical (unpaired) electrons. The van der Waals surface area contributed by atoms with Crippen molar-refractivity contribution in [2.45, 2.75) is 75.7 Å². The third-order valence-electron chi connectivity index (χ3n) is 4.70. The fourth-order valence-corrected chi connectivity index (χ4v) is 4.45. The van der Waals surface area contributed by atoms with Gasteiger partial charge in [-0.15, -0.1) is 0 Å². The van der Waals surface area contributed by atoms with Gasteiger partial charge < -0.3 is 10.2 Å². The molecular formula is C15H30N2S. The molecule has 2 aliphatic rings. The van der Waals surface area contributed by atoms with E-state index in [4.69, 9.17) is 0 Å². The maximum atomic E-state index is 3.97. The minimum atomic E-state index is 0.717. The Hall–Kier alpha value is 0.270. The molecule has 2 fully saturated rings. The van der Waals surface area contributed by atoms with Crippen molar-refractivity contribution in [1.82, 2.24) is 10.2 Å². The summed E-state index contributed by atoms with van der Waals surface area (Å²) in [7, 11) is 0. The lowest BCUT2D eigenvalue weighted by Gasteiger charge is -2.27. The molecule has 1 saturated heterocycles. The molecule has 2 nitrogen and oxygen atoms in total. The lowest BCUT2D eigenvalue weighted by molar-refractivity contribution is 0.228. The highest BCUT2D eigenvalue weighted by atomic mass is 32.2. The Labute approximate surface area is 117 Å². The Morgan fingerprint density at radius 2 is 1.89 bits per heavy atom. The van der Waals surface area contributed by atoms with Crippen molar-refractivity contribution in [2.75, 3.05) is 19.3 Å². The van der Waals surface area contributed by atoms with Crippen LogP contribution in [0, 0.1) is 0 Å². The zero-order chi connectivity index (χ0) is 13.0. The number of thioether (sulfide) groups is 1. The normalized spacial score (nSPS) is 35.0. The van der Waals surface area contributed by atoms with Gasteiger partial charge in [-0.1, -0.05) is 6.42 Å². The lowest BCUT2D eigenvalue weighted by Crippen LogP contribution is -2.42. The quantitative estimate of drug-likeness (QED) is 0.845. The van der Waals surface area contributed by atoms with E-state index in [1.807, 2.05) is 0 Å². The van der Waals surface area contributed by atoms with Crippen molar-refractivity contribution >= 4 is 11.8 Å². The van der Waals surface area contributed by atoms with Gasteiger partial charge in [-0.05, 0) is 65.3 Å². The van der Waals surface area contributed by atoms with E-state index >= 15 is 0 Å². The molecule has 1 aliphatic carbocycles. The average Bonchev–Trinajstić information content (AvgIpc) is 2.65. The third kappa shape index (κ3) is 3.88. The molecule has 0 aromatic rings. The predicted molar refractivity (Wildman–Crippen MR) is 82.4 cm³/mol. The first-order valence-electron chi connectivity index (χ1n) is 7.73. The molecule has 0 aromatic heterocycles. The largest absolute Gasteiger partial charge is 0.310 e. The van der Waals surface area contributed by atoms with Gasteiger partial charge in [-0.25, -0.2) is 0 Å². The van der Waals surface area contributed by atoms with E-state index in [1.165, 1.54) is 51.6 Å². The summed E-state index contributed by atoms with van der Waals surface area (Å²) in [6.07, 6.45) is 10.6. The van der Waals surface area contributed by atoms with Crippen LogP contribution in [-0.4, -0.2) is 47.6 Å². The average molecular weight is 270 g/mol. The molecule has 1 aliphatic heterocycles. The van der Waals surface area contributed by atoms with Crippen LogP contribution in [-0.2, 0) is 0 Å². The summed E-state index contributed by atoms with van der Waals surface area (Å²) in [5.41, 5.74) is 0. The molecule has 0 spiro atoms. The molecular weight excluding hydrogens is 240 g/mol. The number of rotatable bonds is 4. The van der Waals surface area contributed by atoms with E-state index in [2.05, 4.69) is 42.1 Å². The zero-order valence-corrected chi connectivity index (χ0v) is 13.1. The first kappa shape index (κ1) is 14.7. The van der Waals surface area contributed by atoms with Crippen LogP contribution in [0.25, 0.3) is 0 Å². The standard InChI is InChI=1S/C15H30N2S/c1-12(2)17-10-5-6-13(9-11-17)16-14-7-4-8-15(14)18-3/h12-16H,4-11H2,1-3H3. The van der Waals surface area contributed by atoms with E-state index in [-0.39, 0.29) is 0 Å². The van der Waals surface area contributed by atoms with Crippen LogP contribution in [0.5, 0.6) is 0 Å². The minimum Gasteiger partial charge on any atom is -0.310 e. The van der Waals surface area contributed by atoms with Crippen molar-refractivity contribution < 1.29 is 0 Å². The SMILES string of the molecule is CSC1CCCC1NC1CCCN(C(C)C)CC1. The molecule has 1 N–H and O–H groups in total. The van der Waals surface area contributed by atoms with Gasteiger partial charge in [0.15, 0.2) is 0 Å². The number of nitrogens with one attached hydrogen (secondary N) is 1. The van der Waals surface area contributed by atoms with Crippen LogP contribution in [0.3, 0.4) is 0 Å². The summed E-state index contributed by atoms with van der Waals surface area (Å²) in [5.74, 6) is 0. The second-order valence-corrected chi connectivity index (χ2v) is 7.31. The summed E-state index contributed by atoms with van der Waals surface area (Å²) in [6.45, 7) is 7.24. The van der Waals surface area contributed by atoms with Crippen LogP contribution in [0.2, 0.25) is 0 Å². The number of nitrogens with zero attached hydrogens (tertiary/aromatic N) is 1. The van der Waals surface area contributed by atoms with Crippen molar-refractivity contribution in [3.63, 3.8) is 0 Å².